The first kappa shape index (κ1) is 139. The third-order valence-electron chi connectivity index (χ3n) is 11.5. The normalized spacial score (nSPS) is 8.36. The van der Waals surface area contributed by atoms with Gasteiger partial charge in [-0.05, 0) is 116 Å². The SMILES string of the molecule is C.C.C.C.C.C.C.C.C.C.CP(C)c1ccccc1.C[P+](C)(c1ccccc1)c1ccc([18F])cc1.C[P+](C)(c1ccccc1)c1ccc([N+](=O)[O-])cc1.C[P+](C)(c1ccccc1)c1ccc([N+](=O)[O-])cc1.Cl.N.Nc1ccc([N+](=O)[O-])cc1.O=N[O-].O=[N+]([O-])O.O=[N+]([O-])[O-].O=[N+]([O-])[O-].O=[N+]([O-])[O-].[18FH].[Ag].[Na+]. The number of rotatable bonds is 10. The van der Waals surface area contributed by atoms with Crippen molar-refractivity contribution in [3.8, 4) is 0 Å². The van der Waals surface area contributed by atoms with Crippen molar-refractivity contribution in [3.05, 3.63) is 321 Å². The third kappa shape index (κ3) is 62.6. The van der Waals surface area contributed by atoms with Gasteiger partial charge in [-0.15, -0.1) is 27.9 Å². The van der Waals surface area contributed by atoms with Crippen LogP contribution in [0.25, 0.3) is 0 Å². The Kier molecular flexibility index (Phi) is 99.8. The Morgan fingerprint density at radius 1 is 0.381 bits per heavy atom. The fraction of sp³-hybridized carbons (Fsp3) is 0.273. The van der Waals surface area contributed by atoms with Crippen LogP contribution in [0, 0.1) is 102 Å². The van der Waals surface area contributed by atoms with Crippen molar-refractivity contribution < 1.29 is 101 Å². The van der Waals surface area contributed by atoms with Gasteiger partial charge >= 0.3 is 29.6 Å². The second-order valence-electron chi connectivity index (χ2n) is 18.5. The minimum atomic E-state index is -1.75. The van der Waals surface area contributed by atoms with E-state index in [-0.39, 0.29) is 190 Å². The van der Waals surface area contributed by atoms with Crippen LogP contribution >= 0.6 is 42.1 Å². The molecule has 6 N–H and O–H groups in total. The van der Waals surface area contributed by atoms with Crippen LogP contribution in [0.3, 0.4) is 0 Å². The van der Waals surface area contributed by atoms with Crippen LogP contribution < -0.4 is 78.6 Å². The summed E-state index contributed by atoms with van der Waals surface area (Å²) in [5.41, 5.74) is 6.19. The third-order valence-corrected chi connectivity index (χ3v) is 22.3. The number of hydrogen-bond acceptors (Lipinski definition) is 22. The van der Waals surface area contributed by atoms with E-state index in [0.29, 0.717) is 5.69 Å². The van der Waals surface area contributed by atoms with Gasteiger partial charge in [0.1, 0.15) is 5.82 Å². The summed E-state index contributed by atoms with van der Waals surface area (Å²) in [7, 11) is -4.07. The number of non-ortho nitro benzene ring substituents is 3. The van der Waals surface area contributed by atoms with Crippen LogP contribution in [0.2, 0.25) is 0 Å². The van der Waals surface area contributed by atoms with E-state index in [1.54, 1.807) is 36.4 Å². The molecule has 8 rings (SSSR count). The monoisotopic (exact) mass is 1690 g/mol. The molecule has 8 aromatic carbocycles. The molecule has 0 saturated heterocycles. The van der Waals surface area contributed by atoms with Gasteiger partial charge in [0.15, 0.2) is 0 Å². The van der Waals surface area contributed by atoms with E-state index in [1.165, 1.54) is 61.4 Å². The molecule has 0 aliphatic rings. The molecule has 0 spiro atoms. The molecule has 0 saturated carbocycles. The van der Waals surface area contributed by atoms with Crippen LogP contribution in [-0.4, -0.2) is 93.6 Å². The summed E-state index contributed by atoms with van der Waals surface area (Å²) >= 11 is 0. The molecule has 0 heterocycles. The zero-order valence-corrected chi connectivity index (χ0v) is 60.0. The topological polar surface area (TPSA) is 505 Å². The number of benzene rings is 8. The van der Waals surface area contributed by atoms with Gasteiger partial charge in [-0.3, -0.25) is 35.0 Å². The van der Waals surface area contributed by atoms with Crippen LogP contribution in [-0.2, 0) is 22.4 Å². The van der Waals surface area contributed by atoms with E-state index >= 15 is 0 Å². The smallest absolute Gasteiger partial charge is 0.444 e. The van der Waals surface area contributed by atoms with Crippen LogP contribution in [0.15, 0.2) is 224 Å². The number of nitrogens with two attached hydrogens (primary N) is 1. The molecular weight excluding hydrogens is 1580 g/mol. The standard InChI is InChI=1S/C14H15FP.2C14H15NO2P.C8H11P.C6H6N2O2.10CH4.Ag.ClH.FH.HNO3.3NO3.HNO2.H3N.Na/c1-16(2,13-6-4-3-5-7-13)14-10-8-12(15)9-11-14;2*1-18(2,13-6-4-3-5-7-13)14-10-8-12(9-11-14)15(16)17;1-9(2)8-6-4-3-5-7-8;7-5-1-3-6(4-2-5)8(9)10;;;;;;;;;;;;;;4*2-1(3)4;2-1-3;;/h3-11H,1-2H3;2*3-11H,1-2H3;3-7H,1-2H3;1-4H,7H2;10*1H4;;2*1H;(H,2,3,4);;;;(H,2,3);1H3;/q3*+1;;;;;;;;;;;;;;;;;3*-1;;;+1/p-1/i15-1;;;;;;;;;;;;;;;;;1-1;;;;;;;. The largest absolute Gasteiger partial charge is 1.00 e. The van der Waals surface area contributed by atoms with E-state index in [9.17, 15) is 34.7 Å². The van der Waals surface area contributed by atoms with Gasteiger partial charge in [0.2, 0.25) is 0 Å². The molecule has 8 aromatic rings. The first-order valence-corrected chi connectivity index (χ1v) is 35.2. The Bertz CT molecular complexity index is 3290. The minimum absolute atomic E-state index is 0. The maximum Gasteiger partial charge on any atom is 1.00 e. The predicted octanol–water partition coefficient (Wildman–Crippen LogP) is 15.2. The van der Waals surface area contributed by atoms with E-state index in [0.717, 1.165) is 5.34 Å². The summed E-state index contributed by atoms with van der Waals surface area (Å²) < 4.78 is 12.9. The van der Waals surface area contributed by atoms with Gasteiger partial charge in [0, 0.05) is 64.5 Å². The second kappa shape index (κ2) is 75.2. The van der Waals surface area contributed by atoms with Gasteiger partial charge in [0.25, 0.3) is 22.1 Å². The molecule has 0 atom stereocenters. The molecule has 0 fully saturated rings. The minimum Gasteiger partial charge on any atom is -0.444 e. The van der Waals surface area contributed by atoms with Crippen molar-refractivity contribution in [2.45, 2.75) is 74.3 Å². The fourth-order valence-electron chi connectivity index (χ4n) is 6.88. The molecule has 0 aromatic heterocycles. The van der Waals surface area contributed by atoms with Gasteiger partial charge in [0.05, 0.1) is 124 Å². The Hall–Kier alpha value is -8.47. The first-order chi connectivity index (χ1) is 42.0. The molecule has 39 heteroatoms. The van der Waals surface area contributed by atoms with Crippen molar-refractivity contribution in [1.29, 1.82) is 0 Å². The number of nitrogens with zero attached hydrogens (tertiary/aromatic N) is 8. The van der Waals surface area contributed by atoms with E-state index in [2.05, 4.69) is 132 Å². The van der Waals surface area contributed by atoms with Crippen LogP contribution in [0.4, 0.5) is 31.8 Å². The number of anilines is 1. The van der Waals surface area contributed by atoms with Gasteiger partial charge < -0.3 is 73.2 Å². The summed E-state index contributed by atoms with van der Waals surface area (Å²) in [6.45, 7) is 18.0. The Labute approximate surface area is 664 Å². The summed E-state index contributed by atoms with van der Waals surface area (Å²) in [5.74, 6) is -0.170. The van der Waals surface area contributed by atoms with Gasteiger partial charge in [-0.2, -0.15) is 0 Å². The summed E-state index contributed by atoms with van der Waals surface area (Å²) in [4.78, 5) is 71.3. The van der Waals surface area contributed by atoms with Crippen molar-refractivity contribution >= 4 is 102 Å². The quantitative estimate of drug-likeness (QED) is 0.0286. The molecule has 105 heavy (non-hydrogen) atoms. The second-order valence-corrected chi connectivity index (χ2v) is 32.6. The number of nitro benzene ring substituents is 3. The maximum absolute atomic E-state index is 12.9. The molecule has 30 nitrogen and oxygen atoms in total. The molecule has 0 amide bonds. The molecule has 0 aliphatic carbocycles. The average molecular weight is 1690 g/mol. The van der Waals surface area contributed by atoms with E-state index in [1.807, 2.05) is 78.9 Å². The van der Waals surface area contributed by atoms with E-state index < -0.39 is 47.1 Å². The molecule has 0 aliphatic heterocycles. The van der Waals surface area contributed by atoms with Crippen molar-refractivity contribution in [1.82, 2.24) is 6.15 Å². The Morgan fingerprint density at radius 2 is 0.533 bits per heavy atom. The summed E-state index contributed by atoms with van der Waals surface area (Å²) in [6, 6.07) is 68.1. The summed E-state index contributed by atoms with van der Waals surface area (Å²) in [6.07, 6.45) is 0. The first-order valence-electron chi connectivity index (χ1n) is 24.9. The average Bonchev–Trinajstić information content (AvgIpc) is 0.824. The van der Waals surface area contributed by atoms with Crippen molar-refractivity contribution in [2.75, 3.05) is 59.1 Å². The zero-order valence-electron chi connectivity index (χ0n) is 52.1. The molecular formula is C66H108AgClF2N10NaO20P4. The van der Waals surface area contributed by atoms with Crippen molar-refractivity contribution in [2.24, 2.45) is 5.34 Å². The summed E-state index contributed by atoms with van der Waals surface area (Å²) in [5, 5.41) is 107. The molecule has 0 unspecified atom stereocenters. The maximum atomic E-state index is 12.9. The number of nitro groups is 3. The predicted molar refractivity (Wildman–Crippen MR) is 439 cm³/mol. The van der Waals surface area contributed by atoms with Crippen LogP contribution in [0.1, 0.15) is 74.3 Å². The Balaban J connectivity index is -0.0000000566. The molecule has 0 bridgehead atoms. The van der Waals surface area contributed by atoms with Crippen molar-refractivity contribution in [3.63, 3.8) is 0 Å². The zero-order chi connectivity index (χ0) is 69.2. The molecule has 1 radical (unpaired) electrons. The number of hydrogen-bond donors (Lipinski definition) is 3. The van der Waals surface area contributed by atoms with Gasteiger partial charge in [-0.1, -0.05) is 167 Å². The van der Waals surface area contributed by atoms with Crippen LogP contribution in [0.5, 0.6) is 0 Å². The van der Waals surface area contributed by atoms with E-state index in [4.69, 9.17) is 77.1 Å². The molecule has 595 valence electrons. The number of nitrogen functional groups attached to an aromatic ring is 1. The number of halogens is 3. The Morgan fingerprint density at radius 3 is 0.695 bits per heavy atom. The van der Waals surface area contributed by atoms with Gasteiger partial charge in [-0.25, -0.2) is 4.39 Å². The fourth-order valence-corrected chi connectivity index (χ4v) is 14.0.